The van der Waals surface area contributed by atoms with Gasteiger partial charge in [-0.3, -0.25) is 4.79 Å². The molecule has 8 heteroatoms. The minimum Gasteiger partial charge on any atom is -0.481 e. The Balaban J connectivity index is 1.75. The molecule has 2 aromatic rings. The van der Waals surface area contributed by atoms with Gasteiger partial charge >= 0.3 is 5.97 Å². The van der Waals surface area contributed by atoms with Crippen LogP contribution in [-0.2, 0) is 4.79 Å². The van der Waals surface area contributed by atoms with Crippen LogP contribution in [0.5, 0.6) is 5.88 Å². The number of nitrogens with zero attached hydrogens (tertiary/aromatic N) is 4. The molecule has 1 saturated carbocycles. The summed E-state index contributed by atoms with van der Waals surface area (Å²) in [6.45, 7) is 0. The van der Waals surface area contributed by atoms with Crippen molar-refractivity contribution < 1.29 is 19.2 Å². The lowest BCUT2D eigenvalue weighted by Gasteiger charge is -2.02. The number of methoxy groups -OCH3 is 1. The second kappa shape index (κ2) is 5.47. The smallest absolute Gasteiger partial charge is 0.306 e. The highest BCUT2D eigenvalue weighted by atomic mass is 16.5. The standard InChI is InChI=1S/C13H14N4O4/c1-20-10-5-4-9(15-16-10)11-14-12(21-17-11)7-2-3-8(6-7)13(18)19/h4-5,7-8H,2-3,6H2,1H3,(H,18,19). The Morgan fingerprint density at radius 1 is 1.38 bits per heavy atom. The lowest BCUT2D eigenvalue weighted by Crippen LogP contribution is -2.09. The van der Waals surface area contributed by atoms with E-state index < -0.39 is 5.97 Å². The first-order chi connectivity index (χ1) is 10.2. The maximum Gasteiger partial charge on any atom is 0.306 e. The van der Waals surface area contributed by atoms with Crippen LogP contribution in [-0.4, -0.2) is 38.5 Å². The van der Waals surface area contributed by atoms with Crippen LogP contribution in [0.25, 0.3) is 11.5 Å². The largest absolute Gasteiger partial charge is 0.481 e. The first kappa shape index (κ1) is 13.5. The SMILES string of the molecule is COc1ccc(-c2noc(C3CCC(C(=O)O)C3)n2)nn1. The summed E-state index contributed by atoms with van der Waals surface area (Å²) in [6, 6.07) is 3.35. The van der Waals surface area contributed by atoms with Crippen molar-refractivity contribution in [3.05, 3.63) is 18.0 Å². The molecule has 3 rings (SSSR count). The van der Waals surface area contributed by atoms with Gasteiger partial charge in [0.2, 0.25) is 17.6 Å². The van der Waals surface area contributed by atoms with E-state index in [1.807, 2.05) is 0 Å². The predicted molar refractivity (Wildman–Crippen MR) is 69.6 cm³/mol. The van der Waals surface area contributed by atoms with Crippen molar-refractivity contribution in [1.82, 2.24) is 20.3 Å². The first-order valence-corrected chi connectivity index (χ1v) is 6.62. The van der Waals surface area contributed by atoms with Crippen LogP contribution < -0.4 is 4.74 Å². The number of ether oxygens (including phenoxy) is 1. The van der Waals surface area contributed by atoms with Crippen LogP contribution in [0.3, 0.4) is 0 Å². The van der Waals surface area contributed by atoms with E-state index in [0.29, 0.717) is 36.1 Å². The molecule has 2 heterocycles. The van der Waals surface area contributed by atoms with Gasteiger partial charge in [0, 0.05) is 12.0 Å². The van der Waals surface area contributed by atoms with Gasteiger partial charge in [0.25, 0.3) is 0 Å². The Bertz CT molecular complexity index is 640. The van der Waals surface area contributed by atoms with E-state index in [0.717, 1.165) is 6.42 Å². The van der Waals surface area contributed by atoms with E-state index in [-0.39, 0.29) is 11.8 Å². The van der Waals surface area contributed by atoms with Gasteiger partial charge in [0.15, 0.2) is 0 Å². The molecular formula is C13H14N4O4. The zero-order valence-corrected chi connectivity index (χ0v) is 11.4. The van der Waals surface area contributed by atoms with Gasteiger partial charge < -0.3 is 14.4 Å². The van der Waals surface area contributed by atoms with Crippen LogP contribution in [0.2, 0.25) is 0 Å². The monoisotopic (exact) mass is 290 g/mol. The van der Waals surface area contributed by atoms with Crippen LogP contribution in [0.15, 0.2) is 16.7 Å². The highest BCUT2D eigenvalue weighted by Gasteiger charge is 2.33. The van der Waals surface area contributed by atoms with E-state index in [1.54, 1.807) is 12.1 Å². The van der Waals surface area contributed by atoms with Gasteiger partial charge in [-0.2, -0.15) is 4.98 Å². The Labute approximate surface area is 120 Å². The molecule has 0 bridgehead atoms. The molecule has 2 unspecified atom stereocenters. The molecule has 1 N–H and O–H groups in total. The van der Waals surface area contributed by atoms with E-state index >= 15 is 0 Å². The number of carbonyl (C=O) groups is 1. The highest BCUT2D eigenvalue weighted by Crippen LogP contribution is 2.38. The molecule has 1 aliphatic carbocycles. The summed E-state index contributed by atoms with van der Waals surface area (Å²) < 4.78 is 10.2. The summed E-state index contributed by atoms with van der Waals surface area (Å²) in [6.07, 6.45) is 1.91. The molecular weight excluding hydrogens is 276 g/mol. The van der Waals surface area contributed by atoms with Crippen molar-refractivity contribution in [2.75, 3.05) is 7.11 Å². The quantitative estimate of drug-likeness (QED) is 0.901. The molecule has 0 aromatic carbocycles. The average molecular weight is 290 g/mol. The van der Waals surface area contributed by atoms with Crippen LogP contribution >= 0.6 is 0 Å². The Morgan fingerprint density at radius 2 is 2.24 bits per heavy atom. The van der Waals surface area contributed by atoms with Crippen LogP contribution in [0.1, 0.15) is 31.1 Å². The predicted octanol–water partition coefficient (Wildman–Crippen LogP) is 1.50. The second-order valence-electron chi connectivity index (χ2n) is 4.96. The zero-order chi connectivity index (χ0) is 14.8. The Morgan fingerprint density at radius 3 is 2.86 bits per heavy atom. The summed E-state index contributed by atoms with van der Waals surface area (Å²) in [5.74, 6) is 0.121. The third kappa shape index (κ3) is 2.69. The van der Waals surface area contributed by atoms with Gasteiger partial charge in [-0.1, -0.05) is 5.16 Å². The second-order valence-corrected chi connectivity index (χ2v) is 4.96. The van der Waals surface area contributed by atoms with E-state index in [4.69, 9.17) is 14.4 Å². The molecule has 2 atom stereocenters. The van der Waals surface area contributed by atoms with Crippen molar-refractivity contribution in [2.45, 2.75) is 25.2 Å². The van der Waals surface area contributed by atoms with Crippen molar-refractivity contribution in [3.63, 3.8) is 0 Å². The number of carboxylic acids is 1. The maximum absolute atomic E-state index is 11.0. The van der Waals surface area contributed by atoms with Gasteiger partial charge in [0.05, 0.1) is 13.0 Å². The normalized spacial score (nSPS) is 21.4. The molecule has 1 aliphatic rings. The number of carboxylic acid groups (broad SMARTS) is 1. The van der Waals surface area contributed by atoms with E-state index in [2.05, 4.69) is 20.3 Å². The fraction of sp³-hybridized carbons (Fsp3) is 0.462. The molecule has 0 spiro atoms. The summed E-state index contributed by atoms with van der Waals surface area (Å²) in [4.78, 5) is 15.3. The van der Waals surface area contributed by atoms with E-state index in [9.17, 15) is 4.79 Å². The molecule has 110 valence electrons. The van der Waals surface area contributed by atoms with Gasteiger partial charge in [-0.25, -0.2) is 0 Å². The fourth-order valence-electron chi connectivity index (χ4n) is 2.48. The van der Waals surface area contributed by atoms with Gasteiger partial charge in [-0.15, -0.1) is 10.2 Å². The molecule has 0 radical (unpaired) electrons. The summed E-state index contributed by atoms with van der Waals surface area (Å²) in [5.41, 5.74) is 0.485. The van der Waals surface area contributed by atoms with Crippen molar-refractivity contribution in [2.24, 2.45) is 5.92 Å². The summed E-state index contributed by atoms with van der Waals surface area (Å²) in [5, 5.41) is 20.7. The third-order valence-corrected chi connectivity index (χ3v) is 3.65. The first-order valence-electron chi connectivity index (χ1n) is 6.62. The maximum atomic E-state index is 11.0. The number of rotatable bonds is 4. The van der Waals surface area contributed by atoms with Crippen LogP contribution in [0, 0.1) is 5.92 Å². The molecule has 21 heavy (non-hydrogen) atoms. The summed E-state index contributed by atoms with van der Waals surface area (Å²) in [7, 11) is 1.51. The molecule has 1 fully saturated rings. The minimum absolute atomic E-state index is 0.00134. The lowest BCUT2D eigenvalue weighted by molar-refractivity contribution is -0.141. The molecule has 8 nitrogen and oxygen atoms in total. The number of hydrogen-bond acceptors (Lipinski definition) is 7. The number of hydrogen-bond donors (Lipinski definition) is 1. The Hall–Kier alpha value is -2.51. The van der Waals surface area contributed by atoms with Gasteiger partial charge in [0.1, 0.15) is 5.69 Å². The van der Waals surface area contributed by atoms with Crippen molar-refractivity contribution in [1.29, 1.82) is 0 Å². The molecule has 0 saturated heterocycles. The third-order valence-electron chi connectivity index (χ3n) is 3.65. The average Bonchev–Trinajstić information content (AvgIpc) is 3.16. The summed E-state index contributed by atoms with van der Waals surface area (Å²) >= 11 is 0. The van der Waals surface area contributed by atoms with Gasteiger partial charge in [-0.05, 0) is 25.3 Å². The van der Waals surface area contributed by atoms with Crippen LogP contribution in [0.4, 0.5) is 0 Å². The number of aromatic nitrogens is 4. The lowest BCUT2D eigenvalue weighted by atomic mass is 10.1. The van der Waals surface area contributed by atoms with Crippen molar-refractivity contribution >= 4 is 5.97 Å². The Kier molecular flexibility index (Phi) is 3.51. The minimum atomic E-state index is -0.766. The fourth-order valence-corrected chi connectivity index (χ4v) is 2.48. The topological polar surface area (TPSA) is 111 Å². The zero-order valence-electron chi connectivity index (χ0n) is 11.4. The molecule has 0 aliphatic heterocycles. The highest BCUT2D eigenvalue weighted by molar-refractivity contribution is 5.70. The molecule has 2 aromatic heterocycles. The number of aliphatic carboxylic acids is 1. The van der Waals surface area contributed by atoms with Crippen molar-refractivity contribution in [3.8, 4) is 17.4 Å². The molecule has 0 amide bonds. The van der Waals surface area contributed by atoms with E-state index in [1.165, 1.54) is 7.11 Å².